The Kier molecular flexibility index (Phi) is 3.68. The van der Waals surface area contributed by atoms with Crippen LogP contribution in [0.2, 0.25) is 0 Å². The monoisotopic (exact) mass is 200 g/mol. The molecule has 3 N–H and O–H groups in total. The first kappa shape index (κ1) is 10.9. The summed E-state index contributed by atoms with van der Waals surface area (Å²) in [6, 6.07) is 0. The van der Waals surface area contributed by atoms with Crippen LogP contribution in [-0.2, 0) is 0 Å². The van der Waals surface area contributed by atoms with E-state index in [-0.39, 0.29) is 5.41 Å². The van der Waals surface area contributed by atoms with Gasteiger partial charge in [-0.2, -0.15) is 0 Å². The SMILES string of the molecule is CC(C)(C)C(SN)C1C=CNCC1. The summed E-state index contributed by atoms with van der Waals surface area (Å²) < 4.78 is 0. The van der Waals surface area contributed by atoms with Crippen molar-refractivity contribution in [3.8, 4) is 0 Å². The Morgan fingerprint density at radius 3 is 2.62 bits per heavy atom. The van der Waals surface area contributed by atoms with Gasteiger partial charge in [0.15, 0.2) is 0 Å². The van der Waals surface area contributed by atoms with Gasteiger partial charge in [-0.25, -0.2) is 0 Å². The molecule has 1 heterocycles. The standard InChI is InChI=1S/C10H20N2S/c1-10(2,3)9(13-11)8-4-6-12-7-5-8/h4,6,8-9,12H,5,7,11H2,1-3H3. The molecule has 2 atom stereocenters. The number of allylic oxidation sites excluding steroid dienone is 1. The van der Waals surface area contributed by atoms with Gasteiger partial charge in [-0.1, -0.05) is 38.8 Å². The summed E-state index contributed by atoms with van der Waals surface area (Å²) >= 11 is 1.50. The van der Waals surface area contributed by atoms with Gasteiger partial charge in [0.2, 0.25) is 0 Å². The third-order valence-electron chi connectivity index (χ3n) is 2.47. The van der Waals surface area contributed by atoms with Crippen LogP contribution in [0.5, 0.6) is 0 Å². The fraction of sp³-hybridized carbons (Fsp3) is 0.800. The minimum Gasteiger partial charge on any atom is -0.391 e. The summed E-state index contributed by atoms with van der Waals surface area (Å²) in [5, 5.41) is 9.49. The maximum absolute atomic E-state index is 5.75. The van der Waals surface area contributed by atoms with E-state index < -0.39 is 0 Å². The lowest BCUT2D eigenvalue weighted by Gasteiger charge is -2.35. The Hall–Kier alpha value is -0.150. The molecule has 2 unspecified atom stereocenters. The first-order valence-corrected chi connectivity index (χ1v) is 5.75. The van der Waals surface area contributed by atoms with E-state index in [1.807, 2.05) is 0 Å². The van der Waals surface area contributed by atoms with Crippen LogP contribution in [0, 0.1) is 11.3 Å². The number of nitrogens with two attached hydrogens (primary N) is 1. The zero-order chi connectivity index (χ0) is 9.90. The van der Waals surface area contributed by atoms with Gasteiger partial charge in [0.25, 0.3) is 0 Å². The molecule has 0 amide bonds. The lowest BCUT2D eigenvalue weighted by Crippen LogP contribution is -2.35. The minimum atomic E-state index is 0.283. The lowest BCUT2D eigenvalue weighted by molar-refractivity contribution is 0.326. The van der Waals surface area contributed by atoms with Gasteiger partial charge in [0.1, 0.15) is 0 Å². The zero-order valence-corrected chi connectivity index (χ0v) is 9.53. The predicted molar refractivity (Wildman–Crippen MR) is 60.3 cm³/mol. The Bertz CT molecular complexity index is 184. The molecule has 3 heteroatoms. The van der Waals surface area contributed by atoms with E-state index in [0.717, 1.165) is 6.54 Å². The first-order valence-electron chi connectivity index (χ1n) is 4.81. The molecule has 0 bridgehead atoms. The number of nitrogens with one attached hydrogen (secondary N) is 1. The Labute approximate surface area is 85.5 Å². The maximum atomic E-state index is 5.75. The summed E-state index contributed by atoms with van der Waals surface area (Å²) in [7, 11) is 0. The van der Waals surface area contributed by atoms with Crippen molar-refractivity contribution >= 4 is 11.9 Å². The smallest absolute Gasteiger partial charge is 0.0303 e. The third kappa shape index (κ3) is 2.92. The molecule has 2 nitrogen and oxygen atoms in total. The molecule has 0 radical (unpaired) electrons. The Balaban J connectivity index is 2.65. The molecule has 0 aromatic rings. The largest absolute Gasteiger partial charge is 0.391 e. The highest BCUT2D eigenvalue weighted by molar-refractivity contribution is 7.97. The quantitative estimate of drug-likeness (QED) is 0.671. The van der Waals surface area contributed by atoms with E-state index in [4.69, 9.17) is 5.14 Å². The molecule has 0 aromatic heterocycles. The Morgan fingerprint density at radius 1 is 1.54 bits per heavy atom. The lowest BCUT2D eigenvalue weighted by atomic mass is 9.82. The molecular formula is C10H20N2S. The molecular weight excluding hydrogens is 180 g/mol. The average molecular weight is 200 g/mol. The third-order valence-corrected chi connectivity index (χ3v) is 3.82. The summed E-state index contributed by atoms with van der Waals surface area (Å²) in [6.45, 7) is 7.85. The topological polar surface area (TPSA) is 38.0 Å². The minimum absolute atomic E-state index is 0.283. The number of rotatable bonds is 2. The van der Waals surface area contributed by atoms with Gasteiger partial charge >= 0.3 is 0 Å². The predicted octanol–water partition coefficient (Wildman–Crippen LogP) is 2.13. The maximum Gasteiger partial charge on any atom is 0.0303 e. The van der Waals surface area contributed by atoms with Crippen molar-refractivity contribution in [2.45, 2.75) is 32.4 Å². The zero-order valence-electron chi connectivity index (χ0n) is 8.71. The molecule has 1 rings (SSSR count). The van der Waals surface area contributed by atoms with Crippen LogP contribution in [0.25, 0.3) is 0 Å². The van der Waals surface area contributed by atoms with E-state index in [1.54, 1.807) is 0 Å². The van der Waals surface area contributed by atoms with Gasteiger partial charge in [-0.15, -0.1) is 0 Å². The highest BCUT2D eigenvalue weighted by Crippen LogP contribution is 2.35. The highest BCUT2D eigenvalue weighted by Gasteiger charge is 2.31. The molecule has 0 saturated heterocycles. The number of hydrogen-bond acceptors (Lipinski definition) is 3. The van der Waals surface area contributed by atoms with E-state index in [9.17, 15) is 0 Å². The molecule has 1 aliphatic rings. The van der Waals surface area contributed by atoms with Gasteiger partial charge in [0, 0.05) is 11.8 Å². The van der Waals surface area contributed by atoms with Gasteiger partial charge in [-0.05, 0) is 24.0 Å². The molecule has 1 aliphatic heterocycles. The van der Waals surface area contributed by atoms with E-state index in [2.05, 4.69) is 38.4 Å². The van der Waals surface area contributed by atoms with Crippen molar-refractivity contribution in [2.75, 3.05) is 6.54 Å². The molecule has 76 valence electrons. The van der Waals surface area contributed by atoms with E-state index in [0.29, 0.717) is 11.2 Å². The number of hydrogen-bond donors (Lipinski definition) is 2. The Morgan fingerprint density at radius 2 is 2.23 bits per heavy atom. The fourth-order valence-corrected chi connectivity index (χ4v) is 2.66. The molecule has 0 aliphatic carbocycles. The first-order chi connectivity index (χ1) is 6.05. The molecule has 13 heavy (non-hydrogen) atoms. The van der Waals surface area contributed by atoms with E-state index in [1.165, 1.54) is 18.4 Å². The van der Waals surface area contributed by atoms with Gasteiger partial charge < -0.3 is 5.32 Å². The molecule has 0 spiro atoms. The van der Waals surface area contributed by atoms with Crippen LogP contribution in [0.4, 0.5) is 0 Å². The van der Waals surface area contributed by atoms with E-state index >= 15 is 0 Å². The molecule has 0 fully saturated rings. The van der Waals surface area contributed by atoms with Gasteiger partial charge in [0.05, 0.1) is 0 Å². The molecule has 0 saturated carbocycles. The van der Waals surface area contributed by atoms with Gasteiger partial charge in [-0.3, -0.25) is 5.14 Å². The van der Waals surface area contributed by atoms with Crippen molar-refractivity contribution < 1.29 is 0 Å². The van der Waals surface area contributed by atoms with Crippen LogP contribution < -0.4 is 10.5 Å². The van der Waals surface area contributed by atoms with Crippen LogP contribution in [-0.4, -0.2) is 11.8 Å². The summed E-state index contributed by atoms with van der Waals surface area (Å²) in [5.74, 6) is 0.622. The second kappa shape index (κ2) is 4.38. The normalized spacial score (nSPS) is 25.4. The van der Waals surface area contributed by atoms with Crippen LogP contribution >= 0.6 is 11.9 Å². The summed E-state index contributed by atoms with van der Waals surface area (Å²) in [4.78, 5) is 0. The molecule has 0 aromatic carbocycles. The second-order valence-corrected chi connectivity index (χ2v) is 5.47. The average Bonchev–Trinajstić information content (AvgIpc) is 2.05. The van der Waals surface area contributed by atoms with Crippen LogP contribution in [0.3, 0.4) is 0 Å². The van der Waals surface area contributed by atoms with Crippen LogP contribution in [0.1, 0.15) is 27.2 Å². The van der Waals surface area contributed by atoms with Crippen LogP contribution in [0.15, 0.2) is 12.3 Å². The summed E-state index contributed by atoms with van der Waals surface area (Å²) in [5.41, 5.74) is 0.283. The fourth-order valence-electron chi connectivity index (χ4n) is 1.82. The second-order valence-electron chi connectivity index (χ2n) is 4.69. The van der Waals surface area contributed by atoms with Crippen molar-refractivity contribution in [1.29, 1.82) is 0 Å². The summed E-state index contributed by atoms with van der Waals surface area (Å²) in [6.07, 6.45) is 5.50. The van der Waals surface area contributed by atoms with Crippen molar-refractivity contribution in [2.24, 2.45) is 16.5 Å². The van der Waals surface area contributed by atoms with Crippen molar-refractivity contribution in [3.63, 3.8) is 0 Å². The highest BCUT2D eigenvalue weighted by atomic mass is 32.2. The van der Waals surface area contributed by atoms with Crippen molar-refractivity contribution in [1.82, 2.24) is 5.32 Å². The van der Waals surface area contributed by atoms with Crippen molar-refractivity contribution in [3.05, 3.63) is 12.3 Å².